The number of carbonyl (C=O) groups excluding carboxylic acids is 2. The maximum Gasteiger partial charge on any atom is 0.293 e. The van der Waals surface area contributed by atoms with E-state index in [1.807, 2.05) is 37.3 Å². The highest BCUT2D eigenvalue weighted by Gasteiger charge is 2.47. The maximum absolute atomic E-state index is 11.9. The van der Waals surface area contributed by atoms with E-state index >= 15 is 0 Å². The molecule has 0 unspecified atom stereocenters. The SMILES string of the molecule is C[C@@H](CO)[C@@H]1NC(=O)[C@@H]1[C@H](COC=O)OCc1ccccc1. The molecule has 0 bridgehead atoms. The van der Waals surface area contributed by atoms with E-state index in [2.05, 4.69) is 5.32 Å². The molecule has 0 spiro atoms. The summed E-state index contributed by atoms with van der Waals surface area (Å²) in [5.74, 6) is -0.648. The third kappa shape index (κ3) is 3.84. The minimum absolute atomic E-state index is 0.0169. The average molecular weight is 307 g/mol. The molecule has 1 aromatic carbocycles. The second-order valence-electron chi connectivity index (χ2n) is 5.48. The molecule has 0 aromatic heterocycles. The minimum atomic E-state index is -0.529. The number of amides is 1. The van der Waals surface area contributed by atoms with Gasteiger partial charge in [-0.2, -0.15) is 0 Å². The summed E-state index contributed by atoms with van der Waals surface area (Å²) in [5, 5.41) is 12.0. The lowest BCUT2D eigenvalue weighted by molar-refractivity contribution is -0.156. The Morgan fingerprint density at radius 2 is 2.09 bits per heavy atom. The number of aliphatic hydroxyl groups is 1. The molecule has 1 heterocycles. The number of hydrogen-bond donors (Lipinski definition) is 2. The second-order valence-corrected chi connectivity index (χ2v) is 5.48. The highest BCUT2D eigenvalue weighted by atomic mass is 16.6. The Kier molecular flexibility index (Phi) is 5.91. The Bertz CT molecular complexity index is 493. The maximum atomic E-state index is 11.9. The van der Waals surface area contributed by atoms with Gasteiger partial charge >= 0.3 is 0 Å². The van der Waals surface area contributed by atoms with Crippen molar-refractivity contribution >= 4 is 12.4 Å². The molecular formula is C16H21NO5. The Hall–Kier alpha value is -1.92. The van der Waals surface area contributed by atoms with Crippen molar-refractivity contribution in [2.45, 2.75) is 25.7 Å². The lowest BCUT2D eigenvalue weighted by Gasteiger charge is -2.43. The minimum Gasteiger partial charge on any atom is -0.465 e. The van der Waals surface area contributed by atoms with E-state index in [-0.39, 0.29) is 31.1 Å². The molecule has 4 atom stereocenters. The number of β-lactam (4-membered cyclic amide) rings is 1. The monoisotopic (exact) mass is 307 g/mol. The van der Waals surface area contributed by atoms with Gasteiger partial charge in [0.1, 0.15) is 12.7 Å². The van der Waals surface area contributed by atoms with Crippen molar-refractivity contribution in [2.75, 3.05) is 13.2 Å². The number of benzene rings is 1. The van der Waals surface area contributed by atoms with Gasteiger partial charge in [-0.1, -0.05) is 37.3 Å². The van der Waals surface area contributed by atoms with Crippen LogP contribution in [-0.2, 0) is 25.7 Å². The summed E-state index contributed by atoms with van der Waals surface area (Å²) in [6.45, 7) is 2.52. The van der Waals surface area contributed by atoms with Gasteiger partial charge in [0.15, 0.2) is 0 Å². The molecule has 1 fully saturated rings. The Morgan fingerprint density at radius 3 is 2.68 bits per heavy atom. The molecule has 0 radical (unpaired) electrons. The van der Waals surface area contributed by atoms with Crippen LogP contribution in [0.3, 0.4) is 0 Å². The van der Waals surface area contributed by atoms with Crippen LogP contribution in [0.2, 0.25) is 0 Å². The van der Waals surface area contributed by atoms with Crippen molar-refractivity contribution < 1.29 is 24.2 Å². The molecule has 1 aliphatic rings. The molecule has 6 heteroatoms. The summed E-state index contributed by atoms with van der Waals surface area (Å²) in [7, 11) is 0. The van der Waals surface area contributed by atoms with E-state index in [0.29, 0.717) is 13.1 Å². The fourth-order valence-electron chi connectivity index (χ4n) is 2.59. The zero-order chi connectivity index (χ0) is 15.9. The van der Waals surface area contributed by atoms with E-state index in [9.17, 15) is 14.7 Å². The van der Waals surface area contributed by atoms with E-state index < -0.39 is 12.0 Å². The summed E-state index contributed by atoms with van der Waals surface area (Å²) < 4.78 is 10.6. The van der Waals surface area contributed by atoms with Crippen LogP contribution in [0, 0.1) is 11.8 Å². The summed E-state index contributed by atoms with van der Waals surface area (Å²) in [6.07, 6.45) is -0.529. The van der Waals surface area contributed by atoms with Crippen molar-refractivity contribution in [1.82, 2.24) is 5.32 Å². The predicted octanol–water partition coefficient (Wildman–Crippen LogP) is 0.488. The van der Waals surface area contributed by atoms with Gasteiger partial charge in [0.2, 0.25) is 5.91 Å². The van der Waals surface area contributed by atoms with E-state index in [1.165, 1.54) is 0 Å². The summed E-state index contributed by atoms with van der Waals surface area (Å²) in [6, 6.07) is 9.39. The molecule has 1 aliphatic heterocycles. The first-order valence-corrected chi connectivity index (χ1v) is 7.29. The van der Waals surface area contributed by atoms with Crippen molar-refractivity contribution in [2.24, 2.45) is 11.8 Å². The third-order valence-corrected chi connectivity index (χ3v) is 3.94. The average Bonchev–Trinajstić information content (AvgIpc) is 2.55. The van der Waals surface area contributed by atoms with Crippen LogP contribution in [-0.4, -0.2) is 42.8 Å². The zero-order valence-electron chi connectivity index (χ0n) is 12.5. The van der Waals surface area contributed by atoms with Crippen molar-refractivity contribution in [3.8, 4) is 0 Å². The zero-order valence-corrected chi connectivity index (χ0v) is 12.5. The van der Waals surface area contributed by atoms with Gasteiger partial charge in [0.05, 0.1) is 12.5 Å². The molecule has 22 heavy (non-hydrogen) atoms. The number of ether oxygens (including phenoxy) is 2. The molecule has 1 amide bonds. The molecule has 6 nitrogen and oxygen atoms in total. The lowest BCUT2D eigenvalue weighted by Crippen LogP contribution is -2.66. The highest BCUT2D eigenvalue weighted by Crippen LogP contribution is 2.28. The Labute approximate surface area is 129 Å². The topological polar surface area (TPSA) is 84.9 Å². The first kappa shape index (κ1) is 16.5. The Morgan fingerprint density at radius 1 is 1.36 bits per heavy atom. The van der Waals surface area contributed by atoms with Gasteiger partial charge in [0, 0.05) is 18.6 Å². The van der Waals surface area contributed by atoms with Crippen LogP contribution in [0.15, 0.2) is 30.3 Å². The first-order chi connectivity index (χ1) is 10.7. The fraction of sp³-hybridized carbons (Fsp3) is 0.500. The largest absolute Gasteiger partial charge is 0.465 e. The lowest BCUT2D eigenvalue weighted by atomic mass is 9.79. The number of hydrogen-bond acceptors (Lipinski definition) is 5. The van der Waals surface area contributed by atoms with E-state index in [0.717, 1.165) is 5.56 Å². The normalized spacial score (nSPS) is 23.1. The number of aliphatic hydroxyl groups excluding tert-OH is 1. The van der Waals surface area contributed by atoms with Gasteiger partial charge in [0.25, 0.3) is 6.47 Å². The molecule has 120 valence electrons. The molecule has 0 saturated carbocycles. The van der Waals surface area contributed by atoms with Gasteiger partial charge in [-0.05, 0) is 5.56 Å². The molecular weight excluding hydrogens is 286 g/mol. The molecule has 1 aromatic rings. The van der Waals surface area contributed by atoms with E-state index in [1.54, 1.807) is 0 Å². The number of carbonyl (C=O) groups is 2. The third-order valence-electron chi connectivity index (χ3n) is 3.94. The summed E-state index contributed by atoms with van der Waals surface area (Å²) in [4.78, 5) is 22.3. The first-order valence-electron chi connectivity index (χ1n) is 7.29. The smallest absolute Gasteiger partial charge is 0.293 e. The van der Waals surface area contributed by atoms with Crippen LogP contribution < -0.4 is 5.32 Å². The number of rotatable bonds is 9. The van der Waals surface area contributed by atoms with Gasteiger partial charge in [-0.15, -0.1) is 0 Å². The Balaban J connectivity index is 2.01. The van der Waals surface area contributed by atoms with Gasteiger partial charge in [-0.3, -0.25) is 9.59 Å². The van der Waals surface area contributed by atoms with Crippen molar-refractivity contribution in [1.29, 1.82) is 0 Å². The highest BCUT2D eigenvalue weighted by molar-refractivity contribution is 5.86. The van der Waals surface area contributed by atoms with Crippen molar-refractivity contribution in [3.05, 3.63) is 35.9 Å². The van der Waals surface area contributed by atoms with Crippen LogP contribution >= 0.6 is 0 Å². The standard InChI is InChI=1S/C16H21NO5/c1-11(7-18)15-14(16(20)17-15)13(9-21-10-19)22-8-12-5-3-2-4-6-12/h2-6,10-11,13-15,18H,7-9H2,1H3,(H,17,20)/t11-,13-,14+,15-/m0/s1. The van der Waals surface area contributed by atoms with E-state index in [4.69, 9.17) is 9.47 Å². The van der Waals surface area contributed by atoms with Crippen LogP contribution in [0.1, 0.15) is 12.5 Å². The molecule has 0 aliphatic carbocycles. The van der Waals surface area contributed by atoms with Gasteiger partial charge in [-0.25, -0.2) is 0 Å². The summed E-state index contributed by atoms with van der Waals surface area (Å²) >= 11 is 0. The molecule has 2 N–H and O–H groups in total. The summed E-state index contributed by atoms with van der Waals surface area (Å²) in [5.41, 5.74) is 0.977. The second kappa shape index (κ2) is 7.91. The number of nitrogens with one attached hydrogen (secondary N) is 1. The molecule has 1 saturated heterocycles. The van der Waals surface area contributed by atoms with Crippen LogP contribution in [0.4, 0.5) is 0 Å². The van der Waals surface area contributed by atoms with Crippen LogP contribution in [0.5, 0.6) is 0 Å². The molecule has 2 rings (SSSR count). The van der Waals surface area contributed by atoms with Crippen LogP contribution in [0.25, 0.3) is 0 Å². The quantitative estimate of drug-likeness (QED) is 0.512. The van der Waals surface area contributed by atoms with Crippen molar-refractivity contribution in [3.63, 3.8) is 0 Å². The van der Waals surface area contributed by atoms with Gasteiger partial charge < -0.3 is 19.9 Å². The fourth-order valence-corrected chi connectivity index (χ4v) is 2.59. The predicted molar refractivity (Wildman–Crippen MR) is 78.7 cm³/mol.